The van der Waals surface area contributed by atoms with E-state index in [1.165, 1.54) is 7.11 Å². The second-order valence-electron chi connectivity index (χ2n) is 10.2. The minimum absolute atomic E-state index is 0.0824. The van der Waals surface area contributed by atoms with Crippen molar-refractivity contribution < 1.29 is 29.1 Å². The number of esters is 1. The zero-order valence-electron chi connectivity index (χ0n) is 22.8. The van der Waals surface area contributed by atoms with Crippen molar-refractivity contribution in [3.05, 3.63) is 64.2 Å². The Labute approximate surface area is 233 Å². The van der Waals surface area contributed by atoms with Gasteiger partial charge in [0.15, 0.2) is 5.84 Å². The Morgan fingerprint density at radius 2 is 2.00 bits per heavy atom. The number of rotatable bonds is 7. The van der Waals surface area contributed by atoms with E-state index < -0.39 is 35.5 Å². The lowest BCUT2D eigenvalue weighted by Crippen LogP contribution is -2.48. The summed E-state index contributed by atoms with van der Waals surface area (Å²) in [5.41, 5.74) is 1.10. The highest BCUT2D eigenvalue weighted by molar-refractivity contribution is 6.30. The molecule has 1 heterocycles. The van der Waals surface area contributed by atoms with Gasteiger partial charge in [0.1, 0.15) is 11.4 Å². The Balaban J connectivity index is 1.83. The van der Waals surface area contributed by atoms with E-state index in [0.29, 0.717) is 33.9 Å². The van der Waals surface area contributed by atoms with Crippen LogP contribution in [0.1, 0.15) is 61.6 Å². The average molecular weight is 559 g/mol. The number of oxime groups is 1. The van der Waals surface area contributed by atoms with Crippen LogP contribution in [0.5, 0.6) is 5.75 Å². The SMILES string of the molecule is CC[C@@H](NC(=O)N1C/C(=N\O)NC[C@@H](Cc2cc(Cl)ccc2OC)C1=O)c1cccc(C(=O)OC(C)(C)C)c1. The fraction of sp³-hybridized carbons (Fsp3) is 0.429. The van der Waals surface area contributed by atoms with Crippen molar-refractivity contribution >= 4 is 35.3 Å². The van der Waals surface area contributed by atoms with Crippen LogP contribution in [-0.4, -0.2) is 59.7 Å². The quantitative estimate of drug-likeness (QED) is 0.258. The number of carbonyl (C=O) groups excluding carboxylic acids is 3. The highest BCUT2D eigenvalue weighted by atomic mass is 35.5. The van der Waals surface area contributed by atoms with Gasteiger partial charge in [0, 0.05) is 11.6 Å². The molecule has 1 aliphatic rings. The first kappa shape index (κ1) is 29.8. The van der Waals surface area contributed by atoms with Crippen LogP contribution >= 0.6 is 11.6 Å². The number of imide groups is 1. The molecule has 11 heteroatoms. The number of nitrogens with one attached hydrogen (secondary N) is 2. The molecule has 2 aromatic rings. The summed E-state index contributed by atoms with van der Waals surface area (Å²) >= 11 is 6.17. The minimum atomic E-state index is -0.669. The second kappa shape index (κ2) is 12.8. The number of benzene rings is 2. The molecule has 210 valence electrons. The van der Waals surface area contributed by atoms with Crippen molar-refractivity contribution in [2.75, 3.05) is 20.2 Å². The van der Waals surface area contributed by atoms with Crippen molar-refractivity contribution in [3.63, 3.8) is 0 Å². The number of hydrogen-bond acceptors (Lipinski definition) is 7. The zero-order chi connectivity index (χ0) is 28.7. The Kier molecular flexibility index (Phi) is 9.80. The van der Waals surface area contributed by atoms with Crippen molar-refractivity contribution in [3.8, 4) is 5.75 Å². The Hall–Kier alpha value is -3.79. The molecule has 0 aliphatic carbocycles. The van der Waals surface area contributed by atoms with Crippen LogP contribution in [0.4, 0.5) is 4.79 Å². The van der Waals surface area contributed by atoms with E-state index in [0.717, 1.165) is 4.90 Å². The molecule has 39 heavy (non-hydrogen) atoms. The van der Waals surface area contributed by atoms with Crippen LogP contribution in [0, 0.1) is 5.92 Å². The van der Waals surface area contributed by atoms with Gasteiger partial charge >= 0.3 is 12.0 Å². The van der Waals surface area contributed by atoms with E-state index in [9.17, 15) is 19.6 Å². The Morgan fingerprint density at radius 3 is 2.64 bits per heavy atom. The van der Waals surface area contributed by atoms with Crippen molar-refractivity contribution in [2.24, 2.45) is 11.1 Å². The average Bonchev–Trinajstić information content (AvgIpc) is 3.05. The number of urea groups is 1. The molecule has 0 unspecified atom stereocenters. The number of hydrogen-bond donors (Lipinski definition) is 3. The number of methoxy groups -OCH3 is 1. The largest absolute Gasteiger partial charge is 0.496 e. The standard InChI is InChI=1S/C28H35ClN4O6/c1-6-22(17-8-7-9-18(12-17)26(35)39-28(2,3)4)31-27(36)33-16-24(32-37)30-15-20(25(33)34)13-19-14-21(29)10-11-23(19)38-5/h7-12,14,20,22,37H,6,13,15-16H2,1-5H3,(H,30,32)(H,31,36)/t20-,22-/m1/s1. The van der Waals surface area contributed by atoms with Gasteiger partial charge in [-0.25, -0.2) is 9.59 Å². The topological polar surface area (TPSA) is 130 Å². The van der Waals surface area contributed by atoms with E-state index in [2.05, 4.69) is 15.8 Å². The van der Waals surface area contributed by atoms with Crippen LogP contribution in [-0.2, 0) is 16.0 Å². The van der Waals surface area contributed by atoms with Crippen molar-refractivity contribution in [1.82, 2.24) is 15.5 Å². The van der Waals surface area contributed by atoms with Crippen LogP contribution in [0.2, 0.25) is 5.02 Å². The van der Waals surface area contributed by atoms with Gasteiger partial charge in [-0.2, -0.15) is 0 Å². The van der Waals surface area contributed by atoms with Crippen LogP contribution in [0.25, 0.3) is 0 Å². The highest BCUT2D eigenvalue weighted by Gasteiger charge is 2.35. The monoisotopic (exact) mass is 558 g/mol. The molecule has 0 radical (unpaired) electrons. The number of amides is 3. The molecule has 2 atom stereocenters. The Morgan fingerprint density at radius 1 is 1.26 bits per heavy atom. The van der Waals surface area contributed by atoms with Crippen LogP contribution in [0.15, 0.2) is 47.6 Å². The second-order valence-corrected chi connectivity index (χ2v) is 10.7. The van der Waals surface area contributed by atoms with E-state index in [-0.39, 0.29) is 25.3 Å². The summed E-state index contributed by atoms with van der Waals surface area (Å²) in [6.07, 6.45) is 0.737. The summed E-state index contributed by atoms with van der Waals surface area (Å²) in [5.74, 6) is -0.934. The van der Waals surface area contributed by atoms with Gasteiger partial charge in [0.2, 0.25) is 5.91 Å². The van der Waals surface area contributed by atoms with Gasteiger partial charge in [0.05, 0.1) is 31.2 Å². The third-order valence-corrected chi connectivity index (χ3v) is 6.41. The molecule has 3 rings (SSSR count). The molecular formula is C28H35ClN4O6. The maximum absolute atomic E-state index is 13.6. The third kappa shape index (κ3) is 7.86. The van der Waals surface area contributed by atoms with Gasteiger partial charge in [-0.1, -0.05) is 35.8 Å². The number of amidine groups is 1. The number of carbonyl (C=O) groups is 3. The number of halogens is 1. The summed E-state index contributed by atoms with van der Waals surface area (Å²) in [6.45, 7) is 7.15. The van der Waals surface area contributed by atoms with Gasteiger partial charge < -0.3 is 25.3 Å². The summed E-state index contributed by atoms with van der Waals surface area (Å²) in [5, 5.41) is 19.0. The van der Waals surface area contributed by atoms with E-state index in [1.807, 2.05) is 6.92 Å². The van der Waals surface area contributed by atoms with E-state index >= 15 is 0 Å². The predicted molar refractivity (Wildman–Crippen MR) is 147 cm³/mol. The smallest absolute Gasteiger partial charge is 0.338 e. The van der Waals surface area contributed by atoms with Gasteiger partial charge in [0.25, 0.3) is 0 Å². The molecule has 1 aliphatic heterocycles. The number of nitrogens with zero attached hydrogens (tertiary/aromatic N) is 2. The summed E-state index contributed by atoms with van der Waals surface area (Å²) in [7, 11) is 1.53. The maximum Gasteiger partial charge on any atom is 0.338 e. The van der Waals surface area contributed by atoms with Gasteiger partial charge in [-0.05, 0) is 75.1 Å². The zero-order valence-corrected chi connectivity index (χ0v) is 23.5. The summed E-state index contributed by atoms with van der Waals surface area (Å²) in [4.78, 5) is 40.6. The molecule has 0 bridgehead atoms. The molecule has 0 spiro atoms. The van der Waals surface area contributed by atoms with E-state index in [4.69, 9.17) is 21.1 Å². The molecule has 3 N–H and O–H groups in total. The molecule has 1 fully saturated rings. The fourth-order valence-corrected chi connectivity index (χ4v) is 4.46. The van der Waals surface area contributed by atoms with Crippen molar-refractivity contribution in [1.29, 1.82) is 0 Å². The first-order chi connectivity index (χ1) is 18.4. The molecule has 3 amide bonds. The molecule has 1 saturated heterocycles. The fourth-order valence-electron chi connectivity index (χ4n) is 4.27. The normalized spacial score (nSPS) is 17.7. The highest BCUT2D eigenvalue weighted by Crippen LogP contribution is 2.27. The minimum Gasteiger partial charge on any atom is -0.496 e. The lowest BCUT2D eigenvalue weighted by atomic mass is 9.97. The van der Waals surface area contributed by atoms with E-state index in [1.54, 1.807) is 63.2 Å². The first-order valence-electron chi connectivity index (χ1n) is 12.7. The lowest BCUT2D eigenvalue weighted by molar-refractivity contribution is -0.131. The lowest BCUT2D eigenvalue weighted by Gasteiger charge is -2.26. The number of ether oxygens (including phenoxy) is 2. The van der Waals surface area contributed by atoms with Crippen molar-refractivity contribution in [2.45, 2.75) is 52.2 Å². The summed E-state index contributed by atoms with van der Waals surface area (Å²) in [6, 6.07) is 10.8. The molecular weight excluding hydrogens is 524 g/mol. The maximum atomic E-state index is 13.6. The van der Waals surface area contributed by atoms with Crippen LogP contribution in [0.3, 0.4) is 0 Å². The first-order valence-corrected chi connectivity index (χ1v) is 13.1. The van der Waals surface area contributed by atoms with Gasteiger partial charge in [-0.15, -0.1) is 0 Å². The predicted octanol–water partition coefficient (Wildman–Crippen LogP) is 4.54. The third-order valence-electron chi connectivity index (χ3n) is 6.18. The molecule has 0 saturated carbocycles. The molecule has 10 nitrogen and oxygen atoms in total. The van der Waals surface area contributed by atoms with Crippen LogP contribution < -0.4 is 15.4 Å². The molecule has 0 aromatic heterocycles. The molecule has 2 aromatic carbocycles. The summed E-state index contributed by atoms with van der Waals surface area (Å²) < 4.78 is 10.9. The Bertz CT molecular complexity index is 1240. The van der Waals surface area contributed by atoms with Gasteiger partial charge in [-0.3, -0.25) is 9.69 Å².